The number of ether oxygens (including phenoxy) is 1. The van der Waals surface area contributed by atoms with E-state index < -0.39 is 5.82 Å². The number of esters is 1. The van der Waals surface area contributed by atoms with Crippen molar-refractivity contribution >= 4 is 16.9 Å². The van der Waals surface area contributed by atoms with Crippen molar-refractivity contribution in [3.63, 3.8) is 0 Å². The first-order valence-corrected chi connectivity index (χ1v) is 5.47. The van der Waals surface area contributed by atoms with Crippen LogP contribution < -0.4 is 5.43 Å². The molecule has 5 heteroatoms. The second-order valence-electron chi connectivity index (χ2n) is 3.86. The van der Waals surface area contributed by atoms with Gasteiger partial charge in [-0.15, -0.1) is 0 Å². The highest BCUT2D eigenvalue weighted by molar-refractivity contribution is 5.79. The highest BCUT2D eigenvalue weighted by Gasteiger charge is 2.06. The molecule has 0 fully saturated rings. The lowest BCUT2D eigenvalue weighted by molar-refractivity contribution is -0.140. The van der Waals surface area contributed by atoms with Crippen LogP contribution in [0.15, 0.2) is 35.3 Å². The molecule has 94 valence electrons. The second-order valence-corrected chi connectivity index (χ2v) is 3.86. The molecule has 0 aliphatic heterocycles. The Morgan fingerprint density at radius 1 is 1.39 bits per heavy atom. The van der Waals surface area contributed by atoms with Crippen LogP contribution in [0.3, 0.4) is 0 Å². The molecule has 4 nitrogen and oxygen atoms in total. The number of aryl methyl sites for hydroxylation is 1. The maximum atomic E-state index is 13.1. The first-order valence-electron chi connectivity index (χ1n) is 5.47. The van der Waals surface area contributed by atoms with E-state index in [1.165, 1.54) is 31.4 Å². The zero-order valence-electron chi connectivity index (χ0n) is 9.85. The number of halogens is 1. The maximum Gasteiger partial charge on any atom is 0.307 e. The molecule has 1 heterocycles. The predicted octanol–water partition coefficient (Wildman–Crippen LogP) is 1.70. The van der Waals surface area contributed by atoms with Crippen molar-refractivity contribution in [3.05, 3.63) is 46.5 Å². The van der Waals surface area contributed by atoms with Crippen LogP contribution in [0.5, 0.6) is 0 Å². The third kappa shape index (κ3) is 2.40. The Bertz CT molecular complexity index is 648. The van der Waals surface area contributed by atoms with Gasteiger partial charge < -0.3 is 9.30 Å². The smallest absolute Gasteiger partial charge is 0.307 e. The molecule has 0 saturated carbocycles. The molecule has 18 heavy (non-hydrogen) atoms. The number of hydrogen-bond donors (Lipinski definition) is 0. The SMILES string of the molecule is COC(=O)CCn1ccc(=O)c2cc(F)ccc21. The van der Waals surface area contributed by atoms with Crippen molar-refractivity contribution in [1.29, 1.82) is 0 Å². The average Bonchev–Trinajstić information content (AvgIpc) is 2.38. The molecule has 0 atom stereocenters. The summed E-state index contributed by atoms with van der Waals surface area (Å²) in [4.78, 5) is 22.7. The number of fused-ring (bicyclic) bond motifs is 1. The number of carbonyl (C=O) groups excluding carboxylic acids is 1. The molecule has 2 aromatic rings. The van der Waals surface area contributed by atoms with Crippen LogP contribution in [0.1, 0.15) is 6.42 Å². The number of benzene rings is 1. The van der Waals surface area contributed by atoms with Crippen LogP contribution in [0, 0.1) is 5.82 Å². The zero-order chi connectivity index (χ0) is 13.1. The zero-order valence-corrected chi connectivity index (χ0v) is 9.85. The van der Waals surface area contributed by atoms with Gasteiger partial charge in [-0.1, -0.05) is 0 Å². The van der Waals surface area contributed by atoms with Gasteiger partial charge in [0, 0.05) is 24.2 Å². The van der Waals surface area contributed by atoms with Gasteiger partial charge in [-0.3, -0.25) is 9.59 Å². The van der Waals surface area contributed by atoms with E-state index in [4.69, 9.17) is 0 Å². The quantitative estimate of drug-likeness (QED) is 0.778. The van der Waals surface area contributed by atoms with E-state index in [9.17, 15) is 14.0 Å². The van der Waals surface area contributed by atoms with Gasteiger partial charge >= 0.3 is 5.97 Å². The lowest BCUT2D eigenvalue weighted by atomic mass is 10.2. The Morgan fingerprint density at radius 3 is 2.89 bits per heavy atom. The molecule has 0 unspecified atom stereocenters. The van der Waals surface area contributed by atoms with Gasteiger partial charge in [0.15, 0.2) is 5.43 Å². The molecule has 0 aliphatic carbocycles. The van der Waals surface area contributed by atoms with Crippen molar-refractivity contribution in [1.82, 2.24) is 4.57 Å². The van der Waals surface area contributed by atoms with Crippen LogP contribution >= 0.6 is 0 Å². The van der Waals surface area contributed by atoms with E-state index >= 15 is 0 Å². The van der Waals surface area contributed by atoms with E-state index in [0.29, 0.717) is 17.4 Å². The van der Waals surface area contributed by atoms with E-state index in [-0.39, 0.29) is 17.8 Å². The summed E-state index contributed by atoms with van der Waals surface area (Å²) in [6, 6.07) is 5.38. The summed E-state index contributed by atoms with van der Waals surface area (Å²) in [5, 5.41) is 0.308. The van der Waals surface area contributed by atoms with Crippen LogP contribution in [-0.4, -0.2) is 17.6 Å². The van der Waals surface area contributed by atoms with Crippen molar-refractivity contribution in [3.8, 4) is 0 Å². The minimum Gasteiger partial charge on any atom is -0.469 e. The minimum absolute atomic E-state index is 0.200. The minimum atomic E-state index is -0.453. The summed E-state index contributed by atoms with van der Waals surface area (Å²) in [6.45, 7) is 0.384. The first kappa shape index (κ1) is 12.3. The van der Waals surface area contributed by atoms with Gasteiger partial charge in [0.25, 0.3) is 0 Å². The van der Waals surface area contributed by atoms with Gasteiger partial charge in [0.05, 0.1) is 19.0 Å². The van der Waals surface area contributed by atoms with Crippen molar-refractivity contribution in [2.75, 3.05) is 7.11 Å². The molecule has 0 bridgehead atoms. The topological polar surface area (TPSA) is 48.3 Å². The third-order valence-corrected chi connectivity index (χ3v) is 2.72. The lowest BCUT2D eigenvalue weighted by Crippen LogP contribution is -2.11. The molecule has 0 saturated heterocycles. The summed E-state index contributed by atoms with van der Waals surface area (Å²) in [5.41, 5.74) is 0.367. The van der Waals surface area contributed by atoms with Crippen LogP contribution in [0.2, 0.25) is 0 Å². The second kappa shape index (κ2) is 5.00. The highest BCUT2D eigenvalue weighted by atomic mass is 19.1. The number of hydrogen-bond acceptors (Lipinski definition) is 3. The van der Waals surface area contributed by atoms with Crippen LogP contribution in [0.4, 0.5) is 4.39 Å². The Hall–Kier alpha value is -2.17. The molecule has 0 spiro atoms. The van der Waals surface area contributed by atoms with Gasteiger partial charge in [0.2, 0.25) is 0 Å². The van der Waals surface area contributed by atoms with Gasteiger partial charge in [0.1, 0.15) is 5.82 Å². The molecular formula is C13H12FNO3. The monoisotopic (exact) mass is 249 g/mol. The average molecular weight is 249 g/mol. The Kier molecular flexibility index (Phi) is 3.41. The number of aromatic nitrogens is 1. The fraction of sp³-hybridized carbons (Fsp3) is 0.231. The Morgan fingerprint density at radius 2 is 2.17 bits per heavy atom. The fourth-order valence-electron chi connectivity index (χ4n) is 1.79. The lowest BCUT2D eigenvalue weighted by Gasteiger charge is -2.09. The summed E-state index contributed by atoms with van der Waals surface area (Å²) in [5.74, 6) is -0.783. The largest absolute Gasteiger partial charge is 0.469 e. The summed E-state index contributed by atoms with van der Waals surface area (Å²) in [6.07, 6.45) is 1.79. The summed E-state index contributed by atoms with van der Waals surface area (Å²) < 4.78 is 19.4. The van der Waals surface area contributed by atoms with Crippen LogP contribution in [-0.2, 0) is 16.1 Å². The van der Waals surface area contributed by atoms with Gasteiger partial charge in [-0.2, -0.15) is 0 Å². The molecule has 1 aromatic heterocycles. The van der Waals surface area contributed by atoms with E-state index in [0.717, 1.165) is 0 Å². The molecule has 0 amide bonds. The van der Waals surface area contributed by atoms with Crippen LogP contribution in [0.25, 0.3) is 10.9 Å². The third-order valence-electron chi connectivity index (χ3n) is 2.72. The van der Waals surface area contributed by atoms with E-state index in [1.54, 1.807) is 10.8 Å². The van der Waals surface area contributed by atoms with E-state index in [1.807, 2.05) is 0 Å². The standard InChI is InChI=1S/C13H12FNO3/c1-18-13(17)5-7-15-6-4-12(16)10-8-9(14)2-3-11(10)15/h2-4,6,8H,5,7H2,1H3. The van der Waals surface area contributed by atoms with Crippen molar-refractivity contribution in [2.24, 2.45) is 0 Å². The van der Waals surface area contributed by atoms with Crippen molar-refractivity contribution in [2.45, 2.75) is 13.0 Å². The summed E-state index contributed by atoms with van der Waals surface area (Å²) >= 11 is 0. The molecule has 0 N–H and O–H groups in total. The Labute approximate surface area is 103 Å². The number of methoxy groups -OCH3 is 1. The van der Waals surface area contributed by atoms with Crippen molar-refractivity contribution < 1.29 is 13.9 Å². The van der Waals surface area contributed by atoms with Gasteiger partial charge in [-0.25, -0.2) is 4.39 Å². The number of rotatable bonds is 3. The molecule has 0 aliphatic rings. The number of carbonyl (C=O) groups is 1. The maximum absolute atomic E-state index is 13.1. The predicted molar refractivity (Wildman–Crippen MR) is 64.8 cm³/mol. The molecule has 0 radical (unpaired) electrons. The Balaban J connectivity index is 2.43. The number of pyridine rings is 1. The molecule has 2 rings (SSSR count). The molecular weight excluding hydrogens is 237 g/mol. The molecule has 1 aromatic carbocycles. The highest BCUT2D eigenvalue weighted by Crippen LogP contribution is 2.12. The normalized spacial score (nSPS) is 10.6. The first-order chi connectivity index (χ1) is 8.61. The van der Waals surface area contributed by atoms with E-state index in [2.05, 4.69) is 4.74 Å². The fourth-order valence-corrected chi connectivity index (χ4v) is 1.79. The summed E-state index contributed by atoms with van der Waals surface area (Å²) in [7, 11) is 1.32. The number of nitrogens with zero attached hydrogens (tertiary/aromatic N) is 1. The van der Waals surface area contributed by atoms with Gasteiger partial charge in [-0.05, 0) is 18.2 Å².